The summed E-state index contributed by atoms with van der Waals surface area (Å²) in [5.41, 5.74) is 1.18. The maximum atomic E-state index is 9.64. The van der Waals surface area contributed by atoms with E-state index in [1.54, 1.807) is 0 Å². The molecule has 0 amide bonds. The van der Waals surface area contributed by atoms with Crippen LogP contribution >= 0.6 is 0 Å². The van der Waals surface area contributed by atoms with E-state index in [1.807, 2.05) is 30.8 Å². The molecule has 0 aliphatic rings. The van der Waals surface area contributed by atoms with Crippen molar-refractivity contribution in [3.05, 3.63) is 18.0 Å². The third-order valence-corrected chi connectivity index (χ3v) is 2.67. The number of nitrogens with one attached hydrogen (secondary N) is 1. The molecule has 0 aliphatic carbocycles. The van der Waals surface area contributed by atoms with Crippen molar-refractivity contribution in [3.8, 4) is 0 Å². The van der Waals surface area contributed by atoms with Gasteiger partial charge in [-0.2, -0.15) is 5.10 Å². The lowest BCUT2D eigenvalue weighted by atomic mass is 10.1. The molecule has 1 unspecified atom stereocenters. The number of aromatic nitrogens is 2. The highest BCUT2D eigenvalue weighted by Gasteiger charge is 2.08. The Morgan fingerprint density at radius 3 is 2.88 bits per heavy atom. The van der Waals surface area contributed by atoms with E-state index >= 15 is 0 Å². The van der Waals surface area contributed by atoms with Crippen molar-refractivity contribution in [3.63, 3.8) is 0 Å². The van der Waals surface area contributed by atoms with Crippen LogP contribution in [0.2, 0.25) is 0 Å². The van der Waals surface area contributed by atoms with Crippen LogP contribution < -0.4 is 5.32 Å². The van der Waals surface area contributed by atoms with Gasteiger partial charge in [-0.25, -0.2) is 0 Å². The third kappa shape index (κ3) is 3.94. The summed E-state index contributed by atoms with van der Waals surface area (Å²) in [4.78, 5) is 0. The molecule has 0 spiro atoms. The second-order valence-electron chi connectivity index (χ2n) is 4.49. The Morgan fingerprint density at radius 1 is 1.50 bits per heavy atom. The number of hydrogen-bond acceptors (Lipinski definition) is 3. The van der Waals surface area contributed by atoms with Crippen LogP contribution in [0.15, 0.2) is 12.3 Å². The number of hydrogen-bond donors (Lipinski definition) is 2. The molecule has 0 aromatic carbocycles. The summed E-state index contributed by atoms with van der Waals surface area (Å²) < 4.78 is 2.01. The van der Waals surface area contributed by atoms with Gasteiger partial charge in [0.05, 0.1) is 11.8 Å². The Morgan fingerprint density at radius 2 is 2.25 bits per heavy atom. The summed E-state index contributed by atoms with van der Waals surface area (Å²) in [5, 5.41) is 17.2. The lowest BCUT2D eigenvalue weighted by molar-refractivity contribution is 0.123. The molecular weight excluding hydrogens is 202 g/mol. The van der Waals surface area contributed by atoms with E-state index in [4.69, 9.17) is 0 Å². The van der Waals surface area contributed by atoms with Crippen molar-refractivity contribution >= 4 is 0 Å². The monoisotopic (exact) mass is 225 g/mol. The van der Waals surface area contributed by atoms with Crippen molar-refractivity contribution in [2.24, 2.45) is 5.92 Å². The second-order valence-corrected chi connectivity index (χ2v) is 4.49. The van der Waals surface area contributed by atoms with Crippen LogP contribution in [-0.2, 0) is 13.1 Å². The number of nitrogens with zero attached hydrogens (tertiary/aromatic N) is 2. The normalized spacial score (nSPS) is 13.3. The predicted octanol–water partition coefficient (Wildman–Crippen LogP) is 1.40. The standard InChI is InChI=1S/C12H23N3O/c1-4-7-15-11(5-6-14-15)8-13-9-12(16)10(2)3/h5-6,10,12-13,16H,4,7-9H2,1-3H3. The quantitative estimate of drug-likeness (QED) is 0.737. The first-order chi connectivity index (χ1) is 7.65. The topological polar surface area (TPSA) is 50.1 Å². The van der Waals surface area contributed by atoms with Gasteiger partial charge in [0.15, 0.2) is 0 Å². The van der Waals surface area contributed by atoms with Crippen molar-refractivity contribution in [2.75, 3.05) is 6.54 Å². The minimum atomic E-state index is -0.275. The fourth-order valence-electron chi connectivity index (χ4n) is 1.51. The Balaban J connectivity index is 2.34. The van der Waals surface area contributed by atoms with Crippen LogP contribution in [0.25, 0.3) is 0 Å². The lowest BCUT2D eigenvalue weighted by Gasteiger charge is -2.15. The summed E-state index contributed by atoms with van der Waals surface area (Å²) in [5.74, 6) is 0.299. The van der Waals surface area contributed by atoms with Crippen LogP contribution in [0.1, 0.15) is 32.9 Å². The molecule has 0 bridgehead atoms. The molecule has 1 aromatic rings. The van der Waals surface area contributed by atoms with Gasteiger partial charge in [0.2, 0.25) is 0 Å². The molecule has 92 valence electrons. The van der Waals surface area contributed by atoms with Crippen molar-refractivity contribution in [1.29, 1.82) is 0 Å². The van der Waals surface area contributed by atoms with Gasteiger partial charge in [-0.15, -0.1) is 0 Å². The smallest absolute Gasteiger partial charge is 0.0687 e. The Kier molecular flexibility index (Phi) is 5.49. The van der Waals surface area contributed by atoms with Crippen LogP contribution in [0, 0.1) is 5.92 Å². The average Bonchev–Trinajstić information content (AvgIpc) is 2.66. The molecule has 1 heterocycles. The zero-order chi connectivity index (χ0) is 12.0. The van der Waals surface area contributed by atoms with E-state index in [0.717, 1.165) is 19.5 Å². The largest absolute Gasteiger partial charge is 0.392 e. The van der Waals surface area contributed by atoms with Gasteiger partial charge in [0.25, 0.3) is 0 Å². The average molecular weight is 225 g/mol. The summed E-state index contributed by atoms with van der Waals surface area (Å²) >= 11 is 0. The van der Waals surface area contributed by atoms with E-state index < -0.39 is 0 Å². The summed E-state index contributed by atoms with van der Waals surface area (Å²) in [6.07, 6.45) is 2.64. The lowest BCUT2D eigenvalue weighted by Crippen LogP contribution is -2.30. The van der Waals surface area contributed by atoms with Crippen LogP contribution in [-0.4, -0.2) is 27.5 Å². The van der Waals surface area contributed by atoms with Crippen molar-refractivity contribution in [1.82, 2.24) is 15.1 Å². The minimum Gasteiger partial charge on any atom is -0.392 e. The molecule has 0 saturated heterocycles. The molecule has 2 N–H and O–H groups in total. The Bertz CT molecular complexity index is 296. The van der Waals surface area contributed by atoms with Crippen LogP contribution in [0.3, 0.4) is 0 Å². The highest BCUT2D eigenvalue weighted by atomic mass is 16.3. The van der Waals surface area contributed by atoms with Gasteiger partial charge in [0.1, 0.15) is 0 Å². The van der Waals surface area contributed by atoms with Crippen molar-refractivity contribution in [2.45, 2.75) is 46.4 Å². The zero-order valence-electron chi connectivity index (χ0n) is 10.5. The summed E-state index contributed by atoms with van der Waals surface area (Å²) in [7, 11) is 0. The highest BCUT2D eigenvalue weighted by molar-refractivity contribution is 5.00. The maximum Gasteiger partial charge on any atom is 0.0687 e. The molecule has 0 fully saturated rings. The predicted molar refractivity (Wildman–Crippen MR) is 65.1 cm³/mol. The minimum absolute atomic E-state index is 0.275. The molecule has 4 heteroatoms. The second kappa shape index (κ2) is 6.66. The van der Waals surface area contributed by atoms with Crippen LogP contribution in [0.5, 0.6) is 0 Å². The molecule has 4 nitrogen and oxygen atoms in total. The first-order valence-electron chi connectivity index (χ1n) is 6.04. The van der Waals surface area contributed by atoms with E-state index in [-0.39, 0.29) is 6.10 Å². The molecule has 16 heavy (non-hydrogen) atoms. The maximum absolute atomic E-state index is 9.64. The molecule has 1 atom stereocenters. The van der Waals surface area contributed by atoms with Gasteiger partial charge in [-0.1, -0.05) is 20.8 Å². The molecule has 1 aromatic heterocycles. The van der Waals surface area contributed by atoms with Crippen LogP contribution in [0.4, 0.5) is 0 Å². The SMILES string of the molecule is CCCn1nccc1CNCC(O)C(C)C. The molecule has 0 radical (unpaired) electrons. The zero-order valence-corrected chi connectivity index (χ0v) is 10.5. The molecule has 1 rings (SSSR count). The summed E-state index contributed by atoms with van der Waals surface area (Å²) in [6, 6.07) is 2.02. The van der Waals surface area contributed by atoms with Gasteiger partial charge in [-0.3, -0.25) is 4.68 Å². The Hall–Kier alpha value is -0.870. The number of aliphatic hydroxyl groups is 1. The number of aryl methyl sites for hydroxylation is 1. The van der Waals surface area contributed by atoms with E-state index in [2.05, 4.69) is 17.3 Å². The third-order valence-electron chi connectivity index (χ3n) is 2.67. The molecule has 0 aliphatic heterocycles. The number of rotatable bonds is 7. The van der Waals surface area contributed by atoms with E-state index in [9.17, 15) is 5.11 Å². The molecule has 0 saturated carbocycles. The van der Waals surface area contributed by atoms with Gasteiger partial charge < -0.3 is 10.4 Å². The van der Waals surface area contributed by atoms with Gasteiger partial charge in [0, 0.05) is 25.8 Å². The first-order valence-corrected chi connectivity index (χ1v) is 6.04. The first kappa shape index (κ1) is 13.2. The van der Waals surface area contributed by atoms with E-state index in [0.29, 0.717) is 12.5 Å². The Labute approximate surface area is 97.7 Å². The summed E-state index contributed by atoms with van der Waals surface area (Å²) in [6.45, 7) is 8.54. The fourth-order valence-corrected chi connectivity index (χ4v) is 1.51. The highest BCUT2D eigenvalue weighted by Crippen LogP contribution is 2.02. The fraction of sp³-hybridized carbons (Fsp3) is 0.750. The van der Waals surface area contributed by atoms with Gasteiger partial charge >= 0.3 is 0 Å². The van der Waals surface area contributed by atoms with E-state index in [1.165, 1.54) is 5.69 Å². The molecular formula is C12H23N3O. The van der Waals surface area contributed by atoms with Crippen molar-refractivity contribution < 1.29 is 5.11 Å². The number of aliphatic hydroxyl groups excluding tert-OH is 1. The van der Waals surface area contributed by atoms with Gasteiger partial charge in [-0.05, 0) is 18.4 Å².